The van der Waals surface area contributed by atoms with Crippen LogP contribution in [0.5, 0.6) is 0 Å². The van der Waals surface area contributed by atoms with Gasteiger partial charge in [0.15, 0.2) is 0 Å². The fourth-order valence-corrected chi connectivity index (χ4v) is 3.15. The smallest absolute Gasteiger partial charge is 0.261 e. The molecule has 6 nitrogen and oxygen atoms in total. The molecule has 0 atom stereocenters. The fraction of sp³-hybridized carbons (Fsp3) is 0.438. The van der Waals surface area contributed by atoms with E-state index in [1.807, 2.05) is 11.0 Å². The summed E-state index contributed by atoms with van der Waals surface area (Å²) in [6, 6.07) is 5.38. The van der Waals surface area contributed by atoms with Crippen LogP contribution in [0.1, 0.15) is 6.42 Å². The minimum Gasteiger partial charge on any atom is -0.340 e. The Kier molecular flexibility index (Phi) is 4.77. The summed E-state index contributed by atoms with van der Waals surface area (Å²) in [6.45, 7) is 3.35. The van der Waals surface area contributed by atoms with Crippen LogP contribution in [-0.2, 0) is 11.3 Å². The van der Waals surface area contributed by atoms with Gasteiger partial charge < -0.3 is 9.80 Å². The Bertz CT molecular complexity index is 789. The minimum atomic E-state index is -0.184. The highest BCUT2D eigenvalue weighted by atomic mass is 79.9. The number of hydrogen-bond acceptors (Lipinski definition) is 4. The predicted octanol–water partition coefficient (Wildman–Crippen LogP) is 1.32. The molecule has 1 aliphatic rings. The Morgan fingerprint density at radius 3 is 2.91 bits per heavy atom. The van der Waals surface area contributed by atoms with Crippen LogP contribution >= 0.6 is 15.9 Å². The van der Waals surface area contributed by atoms with Crippen LogP contribution in [0.3, 0.4) is 0 Å². The van der Waals surface area contributed by atoms with Gasteiger partial charge in [0, 0.05) is 24.1 Å². The number of aromatic nitrogens is 2. The van der Waals surface area contributed by atoms with Crippen LogP contribution in [0.15, 0.2) is 33.8 Å². The summed E-state index contributed by atoms with van der Waals surface area (Å²) in [6.07, 6.45) is 2.42. The van der Waals surface area contributed by atoms with Gasteiger partial charge in [0.25, 0.3) is 5.56 Å². The quantitative estimate of drug-likeness (QED) is 0.790. The zero-order valence-corrected chi connectivity index (χ0v) is 14.6. The normalized spacial score (nSPS) is 16.5. The van der Waals surface area contributed by atoms with Crippen molar-refractivity contribution in [1.82, 2.24) is 19.4 Å². The van der Waals surface area contributed by atoms with Crippen LogP contribution < -0.4 is 5.56 Å². The van der Waals surface area contributed by atoms with Gasteiger partial charge in [-0.15, -0.1) is 0 Å². The van der Waals surface area contributed by atoms with E-state index >= 15 is 0 Å². The van der Waals surface area contributed by atoms with Gasteiger partial charge in [-0.2, -0.15) is 0 Å². The first-order valence-corrected chi connectivity index (χ1v) is 8.45. The summed E-state index contributed by atoms with van der Waals surface area (Å²) in [4.78, 5) is 33.4. The topological polar surface area (TPSA) is 58.4 Å². The highest BCUT2D eigenvalue weighted by Gasteiger charge is 2.18. The molecule has 0 unspecified atom stereocenters. The Labute approximate surface area is 142 Å². The molecule has 1 aromatic carbocycles. The molecule has 0 bridgehead atoms. The van der Waals surface area contributed by atoms with Crippen molar-refractivity contribution in [1.29, 1.82) is 0 Å². The molecule has 7 heteroatoms. The van der Waals surface area contributed by atoms with Gasteiger partial charge in [-0.3, -0.25) is 14.2 Å². The SMILES string of the molecule is CN1CCCN(C(=O)Cn2cnc3ccc(Br)cc3c2=O)CC1. The van der Waals surface area contributed by atoms with E-state index in [1.165, 1.54) is 10.9 Å². The second kappa shape index (κ2) is 6.80. The number of carbonyl (C=O) groups is 1. The molecule has 0 radical (unpaired) electrons. The number of rotatable bonds is 2. The number of benzene rings is 1. The molecular weight excluding hydrogens is 360 g/mol. The van der Waals surface area contributed by atoms with E-state index in [1.54, 1.807) is 12.1 Å². The number of carbonyl (C=O) groups excluding carboxylic acids is 1. The van der Waals surface area contributed by atoms with Crippen molar-refractivity contribution in [3.8, 4) is 0 Å². The second-order valence-corrected chi connectivity index (χ2v) is 6.79. The van der Waals surface area contributed by atoms with E-state index < -0.39 is 0 Å². The lowest BCUT2D eigenvalue weighted by atomic mass is 10.2. The van der Waals surface area contributed by atoms with Crippen molar-refractivity contribution in [3.05, 3.63) is 39.4 Å². The second-order valence-electron chi connectivity index (χ2n) is 5.88. The minimum absolute atomic E-state index is 0.0291. The van der Waals surface area contributed by atoms with Gasteiger partial charge in [0.2, 0.25) is 5.91 Å². The van der Waals surface area contributed by atoms with Crippen LogP contribution in [0.4, 0.5) is 0 Å². The standard InChI is InChI=1S/C16H19BrN4O2/c1-19-5-2-6-20(8-7-19)15(22)10-21-11-18-14-4-3-12(17)9-13(14)16(21)23/h3-4,9,11H,2,5-8,10H2,1H3. The molecule has 3 rings (SSSR count). The Morgan fingerprint density at radius 1 is 1.26 bits per heavy atom. The van der Waals surface area contributed by atoms with E-state index in [-0.39, 0.29) is 18.0 Å². The molecule has 1 saturated heterocycles. The van der Waals surface area contributed by atoms with E-state index in [0.717, 1.165) is 30.5 Å². The molecule has 1 fully saturated rings. The highest BCUT2D eigenvalue weighted by molar-refractivity contribution is 9.10. The molecule has 23 heavy (non-hydrogen) atoms. The van der Waals surface area contributed by atoms with Gasteiger partial charge >= 0.3 is 0 Å². The molecule has 1 aromatic heterocycles. The van der Waals surface area contributed by atoms with Crippen LogP contribution in [-0.4, -0.2) is 58.5 Å². The Balaban J connectivity index is 1.82. The van der Waals surface area contributed by atoms with Crippen LogP contribution in [0, 0.1) is 0 Å². The summed E-state index contributed by atoms with van der Waals surface area (Å²) >= 11 is 3.36. The van der Waals surface area contributed by atoms with Gasteiger partial charge in [0.1, 0.15) is 6.54 Å². The van der Waals surface area contributed by atoms with Crippen LogP contribution in [0.2, 0.25) is 0 Å². The number of likely N-dealkylation sites (N-methyl/N-ethyl adjacent to an activating group) is 1. The van der Waals surface area contributed by atoms with E-state index in [0.29, 0.717) is 17.4 Å². The maximum absolute atomic E-state index is 12.5. The first-order valence-electron chi connectivity index (χ1n) is 7.65. The molecule has 0 saturated carbocycles. The number of nitrogens with zero attached hydrogens (tertiary/aromatic N) is 4. The van der Waals surface area contributed by atoms with Crippen molar-refractivity contribution < 1.29 is 4.79 Å². The van der Waals surface area contributed by atoms with Gasteiger partial charge in [0.05, 0.1) is 17.2 Å². The van der Waals surface area contributed by atoms with E-state index in [4.69, 9.17) is 0 Å². The average Bonchev–Trinajstić information content (AvgIpc) is 2.75. The summed E-state index contributed by atoms with van der Waals surface area (Å²) in [7, 11) is 2.06. The van der Waals surface area contributed by atoms with Crippen molar-refractivity contribution in [3.63, 3.8) is 0 Å². The summed E-state index contributed by atoms with van der Waals surface area (Å²) in [5, 5.41) is 0.519. The molecule has 0 aliphatic carbocycles. The van der Waals surface area contributed by atoms with Crippen LogP contribution in [0.25, 0.3) is 10.9 Å². The van der Waals surface area contributed by atoms with Crippen molar-refractivity contribution in [2.24, 2.45) is 0 Å². The Morgan fingerprint density at radius 2 is 2.09 bits per heavy atom. The Hall–Kier alpha value is -1.73. The first-order chi connectivity index (χ1) is 11.0. The van der Waals surface area contributed by atoms with Gasteiger partial charge in [-0.25, -0.2) is 4.98 Å². The molecule has 0 spiro atoms. The molecular formula is C16H19BrN4O2. The van der Waals surface area contributed by atoms with Gasteiger partial charge in [-0.1, -0.05) is 15.9 Å². The maximum Gasteiger partial charge on any atom is 0.261 e. The lowest BCUT2D eigenvalue weighted by molar-refractivity contribution is -0.131. The van der Waals surface area contributed by atoms with Crippen molar-refractivity contribution >= 4 is 32.7 Å². The third-order valence-electron chi connectivity index (χ3n) is 4.16. The summed E-state index contributed by atoms with van der Waals surface area (Å²) < 4.78 is 2.22. The lowest BCUT2D eigenvalue weighted by Crippen LogP contribution is -2.38. The van der Waals surface area contributed by atoms with Crippen molar-refractivity contribution in [2.45, 2.75) is 13.0 Å². The average molecular weight is 379 g/mol. The molecule has 122 valence electrons. The molecule has 1 aliphatic heterocycles. The molecule has 1 amide bonds. The predicted molar refractivity (Wildman–Crippen MR) is 92.4 cm³/mol. The largest absolute Gasteiger partial charge is 0.340 e. The maximum atomic E-state index is 12.5. The molecule has 0 N–H and O–H groups in total. The highest BCUT2D eigenvalue weighted by Crippen LogP contribution is 2.14. The van der Waals surface area contributed by atoms with Gasteiger partial charge in [-0.05, 0) is 38.2 Å². The fourth-order valence-electron chi connectivity index (χ4n) is 2.79. The van der Waals surface area contributed by atoms with Crippen molar-refractivity contribution in [2.75, 3.05) is 33.2 Å². The third kappa shape index (κ3) is 3.61. The lowest BCUT2D eigenvalue weighted by Gasteiger charge is -2.21. The molecule has 2 heterocycles. The zero-order chi connectivity index (χ0) is 16.4. The number of amides is 1. The monoisotopic (exact) mass is 378 g/mol. The number of hydrogen-bond donors (Lipinski definition) is 0. The van der Waals surface area contributed by atoms with E-state index in [9.17, 15) is 9.59 Å². The number of halogens is 1. The van der Waals surface area contributed by atoms with E-state index in [2.05, 4.69) is 32.9 Å². The molecule has 2 aromatic rings. The zero-order valence-electron chi connectivity index (χ0n) is 13.0. The third-order valence-corrected chi connectivity index (χ3v) is 4.66. The number of fused-ring (bicyclic) bond motifs is 1. The summed E-state index contributed by atoms with van der Waals surface area (Å²) in [5.74, 6) is -0.0291. The first kappa shape index (κ1) is 16.1. The summed E-state index contributed by atoms with van der Waals surface area (Å²) in [5.41, 5.74) is 0.454.